The minimum absolute atomic E-state index is 0.000594. The maximum absolute atomic E-state index is 12.5. The standard InChI is InChI=1S/C66H125NO5/c1-3-5-7-9-11-13-15-17-19-20-28-31-34-38-42-46-50-54-58-64(69)63(62-68)67-65(70)59-55-51-47-43-39-35-32-29-26-24-22-21-23-25-27-30-33-37-41-45-49-53-57-61-72-66(71)60-56-52-48-44-40-36-18-16-14-12-10-8-6-4-2/h10,12,16,18,54,58,63-64,68-69H,3-9,11,13-15,17,19-53,55-57,59-62H2,1-2H3,(H,67,70)/b12-10-,18-16-,58-54+. The van der Waals surface area contributed by atoms with Crippen LogP contribution in [0.5, 0.6) is 0 Å². The predicted octanol–water partition coefficient (Wildman–Crippen LogP) is 20.4. The molecule has 0 rings (SSSR count). The molecule has 1 amide bonds. The maximum Gasteiger partial charge on any atom is 0.305 e. The number of esters is 1. The third kappa shape index (κ3) is 57.4. The molecule has 0 aliphatic carbocycles. The minimum Gasteiger partial charge on any atom is -0.466 e. The van der Waals surface area contributed by atoms with Gasteiger partial charge in [-0.25, -0.2) is 0 Å². The van der Waals surface area contributed by atoms with Gasteiger partial charge in [-0.05, 0) is 57.8 Å². The molecule has 0 aliphatic heterocycles. The van der Waals surface area contributed by atoms with Crippen molar-refractivity contribution < 1.29 is 24.5 Å². The Bertz CT molecular complexity index is 1170. The number of rotatable bonds is 60. The number of carbonyl (C=O) groups excluding carboxylic acids is 2. The second-order valence-electron chi connectivity index (χ2n) is 22.1. The van der Waals surface area contributed by atoms with Crippen LogP contribution in [0.4, 0.5) is 0 Å². The van der Waals surface area contributed by atoms with Crippen molar-refractivity contribution in [2.45, 2.75) is 360 Å². The smallest absolute Gasteiger partial charge is 0.305 e. The van der Waals surface area contributed by atoms with Gasteiger partial charge >= 0.3 is 5.97 Å². The second-order valence-corrected chi connectivity index (χ2v) is 22.1. The van der Waals surface area contributed by atoms with Crippen molar-refractivity contribution in [3.63, 3.8) is 0 Å². The molecule has 0 fully saturated rings. The largest absolute Gasteiger partial charge is 0.466 e. The van der Waals surface area contributed by atoms with Crippen LogP contribution >= 0.6 is 0 Å². The summed E-state index contributed by atoms with van der Waals surface area (Å²) < 4.78 is 5.48. The Morgan fingerprint density at radius 3 is 1.10 bits per heavy atom. The van der Waals surface area contributed by atoms with Crippen LogP contribution in [0.3, 0.4) is 0 Å². The lowest BCUT2D eigenvalue weighted by atomic mass is 10.0. The lowest BCUT2D eigenvalue weighted by Crippen LogP contribution is -2.45. The summed E-state index contributed by atoms with van der Waals surface area (Å²) in [4.78, 5) is 24.5. The van der Waals surface area contributed by atoms with Crippen LogP contribution in [0, 0.1) is 0 Å². The summed E-state index contributed by atoms with van der Waals surface area (Å²) in [5.41, 5.74) is 0. The first-order valence-corrected chi connectivity index (χ1v) is 32.3. The molecule has 0 radical (unpaired) electrons. The molecule has 0 bridgehead atoms. The van der Waals surface area contributed by atoms with Crippen LogP contribution in [0.1, 0.15) is 348 Å². The van der Waals surface area contributed by atoms with Crippen LogP contribution < -0.4 is 5.32 Å². The van der Waals surface area contributed by atoms with Gasteiger partial charge in [0.25, 0.3) is 0 Å². The van der Waals surface area contributed by atoms with Crippen molar-refractivity contribution >= 4 is 11.9 Å². The molecule has 6 heteroatoms. The van der Waals surface area contributed by atoms with E-state index in [0.29, 0.717) is 19.4 Å². The molecule has 0 saturated heterocycles. The molecule has 0 aliphatic rings. The number of carbonyl (C=O) groups is 2. The van der Waals surface area contributed by atoms with Crippen molar-refractivity contribution in [3.8, 4) is 0 Å². The molecule has 424 valence electrons. The van der Waals surface area contributed by atoms with Crippen molar-refractivity contribution in [1.82, 2.24) is 5.32 Å². The third-order valence-electron chi connectivity index (χ3n) is 14.9. The van der Waals surface area contributed by atoms with E-state index in [2.05, 4.69) is 43.5 Å². The highest BCUT2D eigenvalue weighted by Gasteiger charge is 2.18. The Morgan fingerprint density at radius 2 is 0.708 bits per heavy atom. The molecule has 0 spiro atoms. The third-order valence-corrected chi connectivity index (χ3v) is 14.9. The monoisotopic (exact) mass is 1010 g/mol. The molecule has 6 nitrogen and oxygen atoms in total. The highest BCUT2D eigenvalue weighted by molar-refractivity contribution is 5.76. The van der Waals surface area contributed by atoms with Crippen LogP contribution in [-0.2, 0) is 14.3 Å². The zero-order valence-corrected chi connectivity index (χ0v) is 48.4. The molecule has 2 unspecified atom stereocenters. The zero-order chi connectivity index (χ0) is 52.2. The average molecular weight is 1010 g/mol. The van der Waals surface area contributed by atoms with Gasteiger partial charge in [0.2, 0.25) is 5.91 Å². The molecule has 72 heavy (non-hydrogen) atoms. The lowest BCUT2D eigenvalue weighted by Gasteiger charge is -2.20. The van der Waals surface area contributed by atoms with Gasteiger partial charge < -0.3 is 20.3 Å². The van der Waals surface area contributed by atoms with Gasteiger partial charge in [-0.3, -0.25) is 9.59 Å². The van der Waals surface area contributed by atoms with Gasteiger partial charge in [0, 0.05) is 12.8 Å². The van der Waals surface area contributed by atoms with Crippen LogP contribution in [-0.4, -0.2) is 47.4 Å². The average Bonchev–Trinajstić information content (AvgIpc) is 3.38. The predicted molar refractivity (Wildman–Crippen MR) is 315 cm³/mol. The van der Waals surface area contributed by atoms with E-state index >= 15 is 0 Å². The fraction of sp³-hybridized carbons (Fsp3) is 0.879. The van der Waals surface area contributed by atoms with Gasteiger partial charge in [0.05, 0.1) is 25.4 Å². The van der Waals surface area contributed by atoms with Gasteiger partial charge in [-0.15, -0.1) is 0 Å². The normalized spacial score (nSPS) is 12.8. The van der Waals surface area contributed by atoms with Crippen LogP contribution in [0.2, 0.25) is 0 Å². The van der Waals surface area contributed by atoms with Gasteiger partial charge in [-0.2, -0.15) is 0 Å². The molecular formula is C66H125NO5. The van der Waals surface area contributed by atoms with E-state index in [4.69, 9.17) is 4.74 Å². The highest BCUT2D eigenvalue weighted by Crippen LogP contribution is 2.18. The minimum atomic E-state index is -0.845. The maximum atomic E-state index is 12.5. The molecule has 0 saturated carbocycles. The first-order valence-electron chi connectivity index (χ1n) is 32.3. The number of allylic oxidation sites excluding steroid dienone is 5. The Hall–Kier alpha value is -1.92. The molecular weight excluding hydrogens is 887 g/mol. The number of aliphatic hydroxyl groups excluding tert-OH is 2. The van der Waals surface area contributed by atoms with Gasteiger partial charge in [0.15, 0.2) is 0 Å². The van der Waals surface area contributed by atoms with E-state index < -0.39 is 12.1 Å². The van der Waals surface area contributed by atoms with E-state index in [1.165, 1.54) is 270 Å². The fourth-order valence-corrected chi connectivity index (χ4v) is 9.95. The summed E-state index contributed by atoms with van der Waals surface area (Å²) in [6.07, 6.45) is 77.6. The second kappa shape index (κ2) is 61.6. The van der Waals surface area contributed by atoms with Crippen molar-refractivity contribution in [2.24, 2.45) is 0 Å². The van der Waals surface area contributed by atoms with Crippen LogP contribution in [0.15, 0.2) is 36.5 Å². The number of aliphatic hydroxyl groups is 2. The zero-order valence-electron chi connectivity index (χ0n) is 48.4. The Labute approximate surface area is 449 Å². The SMILES string of the molecule is CCCC/C=C\C/C=C\CCCCCCCC(=O)OCCCCCCCCCCCCCCCCCCCCCCCCCC(=O)NC(CO)C(O)/C=C/CCCCCCCCCCCCCCCCCC. The fourth-order valence-electron chi connectivity index (χ4n) is 9.95. The Balaban J connectivity index is 3.41. The van der Waals surface area contributed by atoms with E-state index in [1.54, 1.807) is 6.08 Å². The van der Waals surface area contributed by atoms with Crippen LogP contribution in [0.25, 0.3) is 0 Å². The van der Waals surface area contributed by atoms with Crippen molar-refractivity contribution in [3.05, 3.63) is 36.5 Å². The van der Waals surface area contributed by atoms with Crippen molar-refractivity contribution in [2.75, 3.05) is 13.2 Å². The summed E-state index contributed by atoms with van der Waals surface area (Å²) in [7, 11) is 0. The quantitative estimate of drug-likeness (QED) is 0.0320. The first-order chi connectivity index (χ1) is 35.5. The summed E-state index contributed by atoms with van der Waals surface area (Å²) in [5.74, 6) is -0.0658. The number of hydrogen-bond acceptors (Lipinski definition) is 5. The van der Waals surface area contributed by atoms with E-state index in [0.717, 1.165) is 51.4 Å². The molecule has 2 atom stereocenters. The summed E-state index contributed by atoms with van der Waals surface area (Å²) in [6, 6.07) is -0.628. The van der Waals surface area contributed by atoms with E-state index in [9.17, 15) is 19.8 Å². The number of hydrogen-bond donors (Lipinski definition) is 3. The Morgan fingerprint density at radius 1 is 0.389 bits per heavy atom. The number of ether oxygens (including phenoxy) is 1. The summed E-state index contributed by atoms with van der Waals surface area (Å²) in [6.45, 7) is 4.88. The highest BCUT2D eigenvalue weighted by atomic mass is 16.5. The molecule has 0 aromatic rings. The summed E-state index contributed by atoms with van der Waals surface area (Å²) in [5, 5.41) is 23.2. The van der Waals surface area contributed by atoms with Gasteiger partial charge in [-0.1, -0.05) is 314 Å². The first kappa shape index (κ1) is 70.1. The number of nitrogens with one attached hydrogen (secondary N) is 1. The Kier molecular flexibility index (Phi) is 60.0. The van der Waals surface area contributed by atoms with E-state index in [1.807, 2.05) is 6.08 Å². The lowest BCUT2D eigenvalue weighted by molar-refractivity contribution is -0.143. The molecule has 0 aromatic carbocycles. The van der Waals surface area contributed by atoms with Gasteiger partial charge in [0.1, 0.15) is 0 Å². The van der Waals surface area contributed by atoms with Crippen molar-refractivity contribution in [1.29, 1.82) is 0 Å². The molecule has 0 aromatic heterocycles. The molecule has 3 N–H and O–H groups in total. The van der Waals surface area contributed by atoms with E-state index in [-0.39, 0.29) is 18.5 Å². The number of unbranched alkanes of at least 4 members (excludes halogenated alkanes) is 45. The number of amides is 1. The molecule has 0 heterocycles. The summed E-state index contributed by atoms with van der Waals surface area (Å²) >= 11 is 0. The topological polar surface area (TPSA) is 95.9 Å².